The number of halogens is 1. The van der Waals surface area contributed by atoms with Gasteiger partial charge in [-0.25, -0.2) is 14.4 Å². The van der Waals surface area contributed by atoms with Crippen molar-refractivity contribution in [2.24, 2.45) is 0 Å². The SMILES string of the molecule is COc1cccc(-c2nc3c(OC)c(C)c(F)cc3[nH]2)n1. The molecule has 0 bridgehead atoms. The van der Waals surface area contributed by atoms with Crippen LogP contribution in [0, 0.1) is 12.7 Å². The van der Waals surface area contributed by atoms with Crippen LogP contribution in [0.2, 0.25) is 0 Å². The molecule has 21 heavy (non-hydrogen) atoms. The maximum Gasteiger partial charge on any atom is 0.213 e. The second-order valence-corrected chi connectivity index (χ2v) is 4.56. The molecule has 3 aromatic rings. The van der Waals surface area contributed by atoms with E-state index in [2.05, 4.69) is 15.0 Å². The fourth-order valence-corrected chi connectivity index (χ4v) is 2.22. The van der Waals surface area contributed by atoms with Gasteiger partial charge in [-0.05, 0) is 13.0 Å². The predicted octanol–water partition coefficient (Wildman–Crippen LogP) is 3.09. The van der Waals surface area contributed by atoms with Gasteiger partial charge >= 0.3 is 0 Å². The van der Waals surface area contributed by atoms with Gasteiger partial charge in [0.1, 0.15) is 17.0 Å². The Labute approximate surface area is 120 Å². The monoisotopic (exact) mass is 287 g/mol. The fraction of sp³-hybridized carbons (Fsp3) is 0.200. The van der Waals surface area contributed by atoms with Crippen molar-refractivity contribution >= 4 is 11.0 Å². The van der Waals surface area contributed by atoms with Crippen LogP contribution in [-0.2, 0) is 0 Å². The van der Waals surface area contributed by atoms with Crippen LogP contribution in [-0.4, -0.2) is 29.2 Å². The molecule has 1 aromatic carbocycles. The first-order valence-corrected chi connectivity index (χ1v) is 6.38. The second-order valence-electron chi connectivity index (χ2n) is 4.56. The molecule has 108 valence electrons. The van der Waals surface area contributed by atoms with Crippen molar-refractivity contribution in [2.45, 2.75) is 6.92 Å². The molecule has 0 atom stereocenters. The van der Waals surface area contributed by atoms with E-state index in [-0.39, 0.29) is 5.82 Å². The van der Waals surface area contributed by atoms with E-state index in [1.165, 1.54) is 13.2 Å². The Hall–Kier alpha value is -2.63. The molecular formula is C15H14FN3O2. The first kappa shape index (κ1) is 13.4. The number of H-pyrrole nitrogens is 1. The molecule has 2 heterocycles. The van der Waals surface area contributed by atoms with E-state index in [9.17, 15) is 4.39 Å². The van der Waals surface area contributed by atoms with E-state index >= 15 is 0 Å². The van der Waals surface area contributed by atoms with Crippen LogP contribution >= 0.6 is 0 Å². The van der Waals surface area contributed by atoms with Gasteiger partial charge in [0.2, 0.25) is 5.88 Å². The van der Waals surface area contributed by atoms with Crippen molar-refractivity contribution < 1.29 is 13.9 Å². The van der Waals surface area contributed by atoms with E-state index in [0.29, 0.717) is 39.7 Å². The zero-order valence-electron chi connectivity index (χ0n) is 11.9. The Morgan fingerprint density at radius 1 is 1.14 bits per heavy atom. The van der Waals surface area contributed by atoms with Crippen molar-refractivity contribution in [1.29, 1.82) is 0 Å². The number of methoxy groups -OCH3 is 2. The molecule has 2 aromatic heterocycles. The molecule has 3 rings (SSSR count). The first-order valence-electron chi connectivity index (χ1n) is 6.38. The largest absolute Gasteiger partial charge is 0.494 e. The Morgan fingerprint density at radius 2 is 1.95 bits per heavy atom. The molecule has 0 saturated carbocycles. The third-order valence-corrected chi connectivity index (χ3v) is 3.30. The molecule has 0 saturated heterocycles. The standard InChI is InChI=1S/C15H14FN3O2/c1-8-9(16)7-11-13(14(8)21-3)19-15(18-11)10-5-4-6-12(17-10)20-2/h4-7H,1-3H3,(H,18,19). The van der Waals surface area contributed by atoms with E-state index in [4.69, 9.17) is 9.47 Å². The summed E-state index contributed by atoms with van der Waals surface area (Å²) in [5, 5.41) is 0. The number of hydrogen-bond acceptors (Lipinski definition) is 4. The van der Waals surface area contributed by atoms with Crippen LogP contribution in [0.25, 0.3) is 22.6 Å². The van der Waals surface area contributed by atoms with Gasteiger partial charge in [-0.1, -0.05) is 6.07 Å². The van der Waals surface area contributed by atoms with Gasteiger partial charge in [0.05, 0.1) is 19.7 Å². The number of hydrogen-bond donors (Lipinski definition) is 1. The van der Waals surface area contributed by atoms with Gasteiger partial charge in [0, 0.05) is 17.7 Å². The second kappa shape index (κ2) is 5.05. The number of imidazole rings is 1. The third kappa shape index (κ3) is 2.18. The summed E-state index contributed by atoms with van der Waals surface area (Å²) >= 11 is 0. The quantitative estimate of drug-likeness (QED) is 0.804. The van der Waals surface area contributed by atoms with Crippen LogP contribution in [0.15, 0.2) is 24.3 Å². The van der Waals surface area contributed by atoms with Gasteiger partial charge in [0.15, 0.2) is 11.6 Å². The van der Waals surface area contributed by atoms with Crippen LogP contribution < -0.4 is 9.47 Å². The smallest absolute Gasteiger partial charge is 0.213 e. The molecule has 0 aliphatic carbocycles. The van der Waals surface area contributed by atoms with Crippen LogP contribution in [0.3, 0.4) is 0 Å². The van der Waals surface area contributed by atoms with E-state index in [1.807, 2.05) is 6.07 Å². The lowest BCUT2D eigenvalue weighted by Crippen LogP contribution is -1.92. The Bertz CT molecular complexity index is 814. The summed E-state index contributed by atoms with van der Waals surface area (Å²) in [5.74, 6) is 1.11. The van der Waals surface area contributed by atoms with Crippen LogP contribution in [0.1, 0.15) is 5.56 Å². The zero-order chi connectivity index (χ0) is 15.0. The summed E-state index contributed by atoms with van der Waals surface area (Å²) in [6.07, 6.45) is 0. The Morgan fingerprint density at radius 3 is 2.67 bits per heavy atom. The summed E-state index contributed by atoms with van der Waals surface area (Å²) in [7, 11) is 3.05. The normalized spacial score (nSPS) is 10.9. The predicted molar refractivity (Wildman–Crippen MR) is 77.1 cm³/mol. The third-order valence-electron chi connectivity index (χ3n) is 3.30. The minimum Gasteiger partial charge on any atom is -0.494 e. The number of ether oxygens (including phenoxy) is 2. The highest BCUT2D eigenvalue weighted by Gasteiger charge is 2.16. The molecule has 0 aliphatic rings. The number of nitrogens with one attached hydrogen (secondary N) is 1. The van der Waals surface area contributed by atoms with Gasteiger partial charge < -0.3 is 14.5 Å². The molecule has 1 N–H and O–H groups in total. The topological polar surface area (TPSA) is 60.0 Å². The van der Waals surface area contributed by atoms with Crippen LogP contribution in [0.5, 0.6) is 11.6 Å². The number of fused-ring (bicyclic) bond motifs is 1. The van der Waals surface area contributed by atoms with Gasteiger partial charge in [-0.2, -0.15) is 0 Å². The van der Waals surface area contributed by atoms with Crippen molar-refractivity contribution in [1.82, 2.24) is 15.0 Å². The molecule has 0 radical (unpaired) electrons. The lowest BCUT2D eigenvalue weighted by molar-refractivity contribution is 0.398. The van der Waals surface area contributed by atoms with E-state index < -0.39 is 0 Å². The minimum atomic E-state index is -0.340. The molecule has 6 heteroatoms. The number of pyridine rings is 1. The molecular weight excluding hydrogens is 273 g/mol. The Kier molecular flexibility index (Phi) is 3.21. The molecule has 0 aliphatic heterocycles. The van der Waals surface area contributed by atoms with E-state index in [1.54, 1.807) is 26.2 Å². The highest BCUT2D eigenvalue weighted by atomic mass is 19.1. The minimum absolute atomic E-state index is 0.340. The first-order chi connectivity index (χ1) is 10.1. The molecule has 0 fully saturated rings. The summed E-state index contributed by atoms with van der Waals surface area (Å²) in [6.45, 7) is 1.66. The summed E-state index contributed by atoms with van der Waals surface area (Å²) in [4.78, 5) is 11.8. The van der Waals surface area contributed by atoms with Gasteiger partial charge in [-0.15, -0.1) is 0 Å². The summed E-state index contributed by atoms with van der Waals surface area (Å²) in [6, 6.07) is 6.77. The number of rotatable bonds is 3. The van der Waals surface area contributed by atoms with Gasteiger partial charge in [-0.3, -0.25) is 0 Å². The van der Waals surface area contributed by atoms with Crippen molar-refractivity contribution in [3.8, 4) is 23.1 Å². The average Bonchev–Trinajstić information content (AvgIpc) is 2.92. The maximum absolute atomic E-state index is 13.9. The maximum atomic E-state index is 13.9. The highest BCUT2D eigenvalue weighted by molar-refractivity contribution is 5.86. The lowest BCUT2D eigenvalue weighted by Gasteiger charge is -2.05. The van der Waals surface area contributed by atoms with Crippen molar-refractivity contribution in [3.63, 3.8) is 0 Å². The van der Waals surface area contributed by atoms with Crippen molar-refractivity contribution in [2.75, 3.05) is 14.2 Å². The average molecular weight is 287 g/mol. The van der Waals surface area contributed by atoms with Gasteiger partial charge in [0.25, 0.3) is 0 Å². The van der Waals surface area contributed by atoms with E-state index in [0.717, 1.165) is 0 Å². The molecule has 0 amide bonds. The lowest BCUT2D eigenvalue weighted by atomic mass is 10.2. The van der Waals surface area contributed by atoms with Crippen molar-refractivity contribution in [3.05, 3.63) is 35.6 Å². The molecule has 0 unspecified atom stereocenters. The summed E-state index contributed by atoms with van der Waals surface area (Å²) < 4.78 is 24.2. The van der Waals surface area contributed by atoms with Crippen LogP contribution in [0.4, 0.5) is 4.39 Å². The number of aromatic nitrogens is 3. The summed E-state index contributed by atoms with van der Waals surface area (Å²) in [5.41, 5.74) is 2.19. The molecule has 5 nitrogen and oxygen atoms in total. The zero-order valence-corrected chi connectivity index (χ0v) is 11.9. The number of nitrogens with zero attached hydrogens (tertiary/aromatic N) is 2. The fourth-order valence-electron chi connectivity index (χ4n) is 2.22. The number of benzene rings is 1. The highest BCUT2D eigenvalue weighted by Crippen LogP contribution is 2.31. The molecule has 0 spiro atoms. The Balaban J connectivity index is 2.21. The number of aromatic amines is 1.